The molecule has 0 aliphatic carbocycles. The fourth-order valence-corrected chi connectivity index (χ4v) is 1.20. The molecule has 0 saturated heterocycles. The number of nitrogens with zero attached hydrogens (tertiary/aromatic N) is 2. The Morgan fingerprint density at radius 3 is 2.53 bits per heavy atom. The SMILES string of the molecule is O=C(O)C1=CC=CON1.O=c1[nH]cnc2nc[nH]c12. The topological polar surface area (TPSA) is 133 Å². The zero-order valence-corrected chi connectivity index (χ0v) is 9.45. The zero-order valence-electron chi connectivity index (χ0n) is 9.45. The average Bonchev–Trinajstić information content (AvgIpc) is 2.90. The standard InChI is InChI=1S/C5H4N4O.C5H5NO3/c10-5-3-4(7-1-6-3)8-2-9-5;7-5(8)4-2-1-3-9-6-4/h1-2H,(H2,6,7,8,9,10);1-3,6H,(H,7,8). The second kappa shape index (κ2) is 5.49. The van der Waals surface area contributed by atoms with E-state index in [1.807, 2.05) is 0 Å². The Balaban J connectivity index is 0.000000141. The van der Waals surface area contributed by atoms with Gasteiger partial charge in [-0.05, 0) is 12.2 Å². The van der Waals surface area contributed by atoms with Gasteiger partial charge in [-0.3, -0.25) is 4.79 Å². The predicted molar refractivity (Wildman–Crippen MR) is 63.6 cm³/mol. The van der Waals surface area contributed by atoms with Crippen molar-refractivity contribution in [2.45, 2.75) is 0 Å². The van der Waals surface area contributed by atoms with E-state index in [9.17, 15) is 9.59 Å². The van der Waals surface area contributed by atoms with Gasteiger partial charge in [0.25, 0.3) is 5.56 Å². The summed E-state index contributed by atoms with van der Waals surface area (Å²) in [7, 11) is 0. The van der Waals surface area contributed by atoms with Crippen molar-refractivity contribution in [1.82, 2.24) is 25.4 Å². The molecule has 9 heteroatoms. The molecule has 0 aromatic carbocycles. The van der Waals surface area contributed by atoms with Crippen molar-refractivity contribution >= 4 is 17.1 Å². The van der Waals surface area contributed by atoms with Crippen LogP contribution in [0.5, 0.6) is 0 Å². The Kier molecular flexibility index (Phi) is 3.57. The molecule has 0 radical (unpaired) electrons. The number of aliphatic carboxylic acids is 1. The number of carbonyl (C=O) groups is 1. The van der Waals surface area contributed by atoms with Gasteiger partial charge in [0, 0.05) is 0 Å². The Bertz CT molecular complexity index is 699. The number of carboxylic acids is 1. The van der Waals surface area contributed by atoms with Crippen LogP contribution in [0.25, 0.3) is 11.2 Å². The summed E-state index contributed by atoms with van der Waals surface area (Å²) in [4.78, 5) is 38.1. The van der Waals surface area contributed by atoms with Crippen molar-refractivity contribution in [3.8, 4) is 0 Å². The monoisotopic (exact) mass is 263 g/mol. The maximum atomic E-state index is 10.9. The molecule has 2 aromatic heterocycles. The van der Waals surface area contributed by atoms with Crippen molar-refractivity contribution in [3.63, 3.8) is 0 Å². The molecule has 3 heterocycles. The Labute approximate surface area is 105 Å². The number of aromatic nitrogens is 4. The van der Waals surface area contributed by atoms with E-state index in [4.69, 9.17) is 5.11 Å². The molecule has 0 atom stereocenters. The van der Waals surface area contributed by atoms with Gasteiger partial charge in [-0.15, -0.1) is 0 Å². The summed E-state index contributed by atoms with van der Waals surface area (Å²) >= 11 is 0. The average molecular weight is 263 g/mol. The first-order valence-corrected chi connectivity index (χ1v) is 5.07. The predicted octanol–water partition coefficient (Wildman–Crippen LogP) is -0.350. The van der Waals surface area contributed by atoms with E-state index in [0.717, 1.165) is 0 Å². The van der Waals surface area contributed by atoms with Crippen LogP contribution >= 0.6 is 0 Å². The lowest BCUT2D eigenvalue weighted by molar-refractivity contribution is -0.134. The van der Waals surface area contributed by atoms with Crippen LogP contribution in [0, 0.1) is 0 Å². The minimum absolute atomic E-state index is 0.0394. The summed E-state index contributed by atoms with van der Waals surface area (Å²) < 4.78 is 0. The summed E-state index contributed by atoms with van der Waals surface area (Å²) in [5, 5.41) is 8.29. The highest BCUT2D eigenvalue weighted by Crippen LogP contribution is 1.95. The van der Waals surface area contributed by atoms with E-state index >= 15 is 0 Å². The molecule has 0 unspecified atom stereocenters. The Hall–Kier alpha value is -3.10. The number of nitrogens with one attached hydrogen (secondary N) is 3. The van der Waals surface area contributed by atoms with E-state index in [-0.39, 0.29) is 11.3 Å². The number of hydroxylamine groups is 1. The molecule has 4 N–H and O–H groups in total. The van der Waals surface area contributed by atoms with E-state index < -0.39 is 5.97 Å². The van der Waals surface area contributed by atoms with Crippen molar-refractivity contribution < 1.29 is 14.7 Å². The molecular formula is C10H9N5O4. The Morgan fingerprint density at radius 2 is 2.00 bits per heavy atom. The molecule has 1 aliphatic heterocycles. The summed E-state index contributed by atoms with van der Waals surface area (Å²) in [6.07, 6.45) is 7.02. The fraction of sp³-hybridized carbons (Fsp3) is 0. The van der Waals surface area contributed by atoms with E-state index in [0.29, 0.717) is 11.2 Å². The minimum atomic E-state index is -1.03. The lowest BCUT2D eigenvalue weighted by atomic mass is 10.4. The first-order chi connectivity index (χ1) is 9.18. The van der Waals surface area contributed by atoms with Crippen LogP contribution in [0.2, 0.25) is 0 Å². The molecule has 0 spiro atoms. The van der Waals surface area contributed by atoms with Gasteiger partial charge >= 0.3 is 5.97 Å². The third kappa shape index (κ3) is 2.97. The van der Waals surface area contributed by atoms with Crippen LogP contribution in [0.3, 0.4) is 0 Å². The molecule has 19 heavy (non-hydrogen) atoms. The van der Waals surface area contributed by atoms with E-state index in [2.05, 4.69) is 30.3 Å². The van der Waals surface area contributed by atoms with Crippen LogP contribution in [0.15, 0.2) is 41.6 Å². The smallest absolute Gasteiger partial charge is 0.355 e. The first kappa shape index (κ1) is 12.4. The highest BCUT2D eigenvalue weighted by molar-refractivity contribution is 5.86. The van der Waals surface area contributed by atoms with Crippen molar-refractivity contribution in [3.05, 3.63) is 47.1 Å². The lowest BCUT2D eigenvalue weighted by Crippen LogP contribution is -2.19. The third-order valence-corrected chi connectivity index (χ3v) is 2.04. The van der Waals surface area contributed by atoms with Gasteiger partial charge < -0.3 is 19.9 Å². The van der Waals surface area contributed by atoms with E-state index in [1.165, 1.54) is 31.1 Å². The van der Waals surface area contributed by atoms with Crippen LogP contribution in [-0.4, -0.2) is 31.0 Å². The number of hydrogen-bond acceptors (Lipinski definition) is 6. The number of H-pyrrole nitrogens is 2. The number of aromatic amines is 2. The molecule has 2 aromatic rings. The van der Waals surface area contributed by atoms with Gasteiger partial charge in [0.05, 0.1) is 12.7 Å². The van der Waals surface area contributed by atoms with Gasteiger partial charge in [0.1, 0.15) is 6.26 Å². The van der Waals surface area contributed by atoms with Gasteiger partial charge in [-0.2, -0.15) is 0 Å². The zero-order chi connectivity index (χ0) is 13.7. The number of carboxylic acid groups (broad SMARTS) is 1. The largest absolute Gasteiger partial charge is 0.476 e. The number of allylic oxidation sites excluding steroid dienone is 2. The molecule has 0 fully saturated rings. The molecule has 9 nitrogen and oxygen atoms in total. The Morgan fingerprint density at radius 1 is 1.26 bits per heavy atom. The second-order valence-corrected chi connectivity index (χ2v) is 3.27. The molecule has 98 valence electrons. The highest BCUT2D eigenvalue weighted by atomic mass is 16.6. The fourth-order valence-electron chi connectivity index (χ4n) is 1.20. The number of imidazole rings is 1. The molecule has 3 rings (SSSR count). The first-order valence-electron chi connectivity index (χ1n) is 5.07. The summed E-state index contributed by atoms with van der Waals surface area (Å²) in [5.74, 6) is -1.03. The van der Waals surface area contributed by atoms with Gasteiger partial charge in [0.2, 0.25) is 0 Å². The van der Waals surface area contributed by atoms with Crippen molar-refractivity contribution in [2.24, 2.45) is 0 Å². The van der Waals surface area contributed by atoms with Crippen LogP contribution < -0.4 is 11.0 Å². The number of hydrogen-bond donors (Lipinski definition) is 4. The molecule has 0 amide bonds. The molecule has 0 bridgehead atoms. The van der Waals surface area contributed by atoms with Crippen LogP contribution in [0.1, 0.15) is 0 Å². The van der Waals surface area contributed by atoms with Crippen LogP contribution in [-0.2, 0) is 9.63 Å². The third-order valence-electron chi connectivity index (χ3n) is 2.04. The van der Waals surface area contributed by atoms with Gasteiger partial charge in [-0.25, -0.2) is 20.2 Å². The van der Waals surface area contributed by atoms with Crippen LogP contribution in [0.4, 0.5) is 0 Å². The van der Waals surface area contributed by atoms with Crippen molar-refractivity contribution in [1.29, 1.82) is 0 Å². The van der Waals surface area contributed by atoms with Gasteiger partial charge in [-0.1, -0.05) is 0 Å². The quantitative estimate of drug-likeness (QED) is 0.552. The normalized spacial score (nSPS) is 12.7. The maximum Gasteiger partial charge on any atom is 0.355 e. The maximum absolute atomic E-state index is 10.9. The summed E-state index contributed by atoms with van der Waals surface area (Å²) in [6, 6.07) is 0. The van der Waals surface area contributed by atoms with Gasteiger partial charge in [0.15, 0.2) is 16.9 Å². The summed E-state index contributed by atoms with van der Waals surface area (Å²) in [6.45, 7) is 0. The lowest BCUT2D eigenvalue weighted by Gasteiger charge is -2.06. The van der Waals surface area contributed by atoms with E-state index in [1.54, 1.807) is 0 Å². The molecule has 0 saturated carbocycles. The minimum Gasteiger partial charge on any atom is -0.476 e. The second-order valence-electron chi connectivity index (χ2n) is 3.27. The number of rotatable bonds is 1. The summed E-state index contributed by atoms with van der Waals surface area (Å²) in [5.41, 5.74) is 2.91. The molecular weight excluding hydrogens is 254 g/mol. The highest BCUT2D eigenvalue weighted by Gasteiger charge is 2.06. The van der Waals surface area contributed by atoms with Crippen molar-refractivity contribution in [2.75, 3.05) is 0 Å². The number of fused-ring (bicyclic) bond motifs is 1. The molecule has 1 aliphatic rings.